The fraction of sp³-hybridized carbons (Fsp3) is 0.833. The quantitative estimate of drug-likeness (QED) is 0.608. The maximum atomic E-state index is 5.75. The predicted molar refractivity (Wildman–Crippen MR) is 56.7 cm³/mol. The van der Waals surface area contributed by atoms with Crippen molar-refractivity contribution >= 4 is 0 Å². The normalized spacial score (nSPS) is 29.2. The first kappa shape index (κ1) is 10.8. The number of rotatable bonds is 3. The molecule has 0 aromatic rings. The van der Waals surface area contributed by atoms with E-state index in [1.807, 2.05) is 0 Å². The van der Waals surface area contributed by atoms with Crippen LogP contribution in [-0.4, -0.2) is 12.7 Å². The number of allylic oxidation sites excluding steroid dienone is 1. The van der Waals surface area contributed by atoms with E-state index in [4.69, 9.17) is 4.74 Å². The summed E-state index contributed by atoms with van der Waals surface area (Å²) in [5.74, 6) is 1.46. The molecule has 0 radical (unpaired) electrons. The average Bonchev–Trinajstić information content (AvgIpc) is 2.04. The molecule has 0 heterocycles. The van der Waals surface area contributed by atoms with E-state index >= 15 is 0 Å². The Kier molecular flexibility index (Phi) is 3.98. The van der Waals surface area contributed by atoms with E-state index in [9.17, 15) is 0 Å². The fourth-order valence-electron chi connectivity index (χ4n) is 2.12. The molecule has 1 aliphatic carbocycles. The molecule has 1 rings (SSSR count). The first-order chi connectivity index (χ1) is 6.15. The van der Waals surface area contributed by atoms with Crippen molar-refractivity contribution in [1.82, 2.24) is 0 Å². The van der Waals surface area contributed by atoms with Crippen molar-refractivity contribution in [3.63, 3.8) is 0 Å². The van der Waals surface area contributed by atoms with Gasteiger partial charge in [-0.3, -0.25) is 0 Å². The van der Waals surface area contributed by atoms with E-state index in [-0.39, 0.29) is 0 Å². The maximum absolute atomic E-state index is 5.75. The molecule has 0 amide bonds. The topological polar surface area (TPSA) is 9.23 Å². The molecule has 0 fully saturated rings. The molecule has 0 bridgehead atoms. The van der Waals surface area contributed by atoms with E-state index in [1.54, 1.807) is 0 Å². The first-order valence-electron chi connectivity index (χ1n) is 5.44. The minimum absolute atomic E-state index is 0.374. The van der Waals surface area contributed by atoms with Gasteiger partial charge in [-0.25, -0.2) is 0 Å². The van der Waals surface area contributed by atoms with Crippen molar-refractivity contribution in [2.24, 2.45) is 11.8 Å². The van der Waals surface area contributed by atoms with Crippen molar-refractivity contribution in [1.29, 1.82) is 0 Å². The van der Waals surface area contributed by atoms with Gasteiger partial charge < -0.3 is 4.74 Å². The van der Waals surface area contributed by atoms with Crippen LogP contribution < -0.4 is 0 Å². The summed E-state index contributed by atoms with van der Waals surface area (Å²) in [5.41, 5.74) is 1.50. The van der Waals surface area contributed by atoms with Gasteiger partial charge in [-0.1, -0.05) is 25.5 Å². The van der Waals surface area contributed by atoms with Crippen LogP contribution in [0.4, 0.5) is 0 Å². The SMILES string of the molecule is CCOC1C=C(C)CCC1C(C)C. The van der Waals surface area contributed by atoms with Gasteiger partial charge in [0.1, 0.15) is 0 Å². The highest BCUT2D eigenvalue weighted by Crippen LogP contribution is 2.31. The second kappa shape index (κ2) is 4.80. The summed E-state index contributed by atoms with van der Waals surface area (Å²) >= 11 is 0. The summed E-state index contributed by atoms with van der Waals surface area (Å²) < 4.78 is 5.75. The lowest BCUT2D eigenvalue weighted by Gasteiger charge is -2.32. The van der Waals surface area contributed by atoms with Gasteiger partial charge >= 0.3 is 0 Å². The van der Waals surface area contributed by atoms with E-state index in [0.29, 0.717) is 6.10 Å². The molecule has 1 nitrogen and oxygen atoms in total. The molecule has 0 N–H and O–H groups in total. The zero-order chi connectivity index (χ0) is 9.84. The van der Waals surface area contributed by atoms with Crippen LogP contribution in [0.15, 0.2) is 11.6 Å². The Morgan fingerprint density at radius 2 is 2.23 bits per heavy atom. The van der Waals surface area contributed by atoms with Crippen molar-refractivity contribution in [2.75, 3.05) is 6.61 Å². The van der Waals surface area contributed by atoms with Crippen molar-refractivity contribution in [3.8, 4) is 0 Å². The van der Waals surface area contributed by atoms with Crippen LogP contribution in [0, 0.1) is 11.8 Å². The van der Waals surface area contributed by atoms with Crippen LogP contribution in [0.3, 0.4) is 0 Å². The zero-order valence-electron chi connectivity index (χ0n) is 9.34. The molecule has 0 aliphatic heterocycles. The zero-order valence-corrected chi connectivity index (χ0v) is 9.34. The van der Waals surface area contributed by atoms with Crippen molar-refractivity contribution in [2.45, 2.75) is 46.6 Å². The van der Waals surface area contributed by atoms with Gasteiger partial charge in [0.15, 0.2) is 0 Å². The molecule has 0 aromatic heterocycles. The molecule has 13 heavy (non-hydrogen) atoms. The van der Waals surface area contributed by atoms with Crippen molar-refractivity contribution in [3.05, 3.63) is 11.6 Å². The highest BCUT2D eigenvalue weighted by Gasteiger charge is 2.26. The third-order valence-corrected chi connectivity index (χ3v) is 2.96. The molecular formula is C12H22O. The van der Waals surface area contributed by atoms with Crippen LogP contribution in [0.2, 0.25) is 0 Å². The van der Waals surface area contributed by atoms with E-state index in [2.05, 4.69) is 33.8 Å². The summed E-state index contributed by atoms with van der Waals surface area (Å²) in [7, 11) is 0. The minimum Gasteiger partial charge on any atom is -0.374 e. The van der Waals surface area contributed by atoms with Crippen molar-refractivity contribution < 1.29 is 4.74 Å². The Bertz CT molecular complexity index is 182. The highest BCUT2D eigenvalue weighted by molar-refractivity contribution is 5.08. The first-order valence-corrected chi connectivity index (χ1v) is 5.44. The Morgan fingerprint density at radius 3 is 2.77 bits per heavy atom. The molecular weight excluding hydrogens is 160 g/mol. The molecule has 1 heteroatoms. The second-order valence-electron chi connectivity index (χ2n) is 4.38. The van der Waals surface area contributed by atoms with Crippen LogP contribution in [0.1, 0.15) is 40.5 Å². The molecule has 0 spiro atoms. The Morgan fingerprint density at radius 1 is 1.54 bits per heavy atom. The van der Waals surface area contributed by atoms with E-state index in [0.717, 1.165) is 18.4 Å². The molecule has 0 aromatic carbocycles. The molecule has 0 saturated heterocycles. The van der Waals surface area contributed by atoms with Gasteiger partial charge in [0.25, 0.3) is 0 Å². The van der Waals surface area contributed by atoms with Gasteiger partial charge in [-0.05, 0) is 38.5 Å². The largest absolute Gasteiger partial charge is 0.374 e. The highest BCUT2D eigenvalue weighted by atomic mass is 16.5. The summed E-state index contributed by atoms with van der Waals surface area (Å²) in [6.07, 6.45) is 5.24. The summed E-state index contributed by atoms with van der Waals surface area (Å²) in [6.45, 7) is 9.71. The van der Waals surface area contributed by atoms with Gasteiger partial charge in [0, 0.05) is 6.61 Å². The van der Waals surface area contributed by atoms with Gasteiger partial charge in [0.2, 0.25) is 0 Å². The molecule has 2 atom stereocenters. The van der Waals surface area contributed by atoms with Crippen LogP contribution in [0.5, 0.6) is 0 Å². The average molecular weight is 182 g/mol. The minimum atomic E-state index is 0.374. The van der Waals surface area contributed by atoms with Crippen LogP contribution in [0.25, 0.3) is 0 Å². The Balaban J connectivity index is 2.64. The monoisotopic (exact) mass is 182 g/mol. The lowest BCUT2D eigenvalue weighted by Crippen LogP contribution is -2.29. The molecule has 1 aliphatic rings. The van der Waals surface area contributed by atoms with Gasteiger partial charge in [-0.15, -0.1) is 0 Å². The van der Waals surface area contributed by atoms with E-state index in [1.165, 1.54) is 18.4 Å². The predicted octanol–water partition coefficient (Wildman–Crippen LogP) is 3.40. The second-order valence-corrected chi connectivity index (χ2v) is 4.38. The van der Waals surface area contributed by atoms with E-state index < -0.39 is 0 Å². The van der Waals surface area contributed by atoms with Crippen LogP contribution in [-0.2, 0) is 4.74 Å². The third-order valence-electron chi connectivity index (χ3n) is 2.96. The summed E-state index contributed by atoms with van der Waals surface area (Å²) in [6, 6.07) is 0. The molecule has 76 valence electrons. The number of hydrogen-bond donors (Lipinski definition) is 0. The molecule has 2 unspecified atom stereocenters. The van der Waals surface area contributed by atoms with Gasteiger partial charge in [-0.2, -0.15) is 0 Å². The fourth-order valence-corrected chi connectivity index (χ4v) is 2.12. The third kappa shape index (κ3) is 2.84. The lowest BCUT2D eigenvalue weighted by molar-refractivity contribution is 0.0283. The summed E-state index contributed by atoms with van der Waals surface area (Å²) in [4.78, 5) is 0. The summed E-state index contributed by atoms with van der Waals surface area (Å²) in [5, 5.41) is 0. The van der Waals surface area contributed by atoms with Gasteiger partial charge in [0.05, 0.1) is 6.10 Å². The smallest absolute Gasteiger partial charge is 0.0788 e. The number of ether oxygens (including phenoxy) is 1. The Hall–Kier alpha value is -0.300. The lowest BCUT2D eigenvalue weighted by atomic mass is 9.80. The molecule has 0 saturated carbocycles. The maximum Gasteiger partial charge on any atom is 0.0788 e. The standard InChI is InChI=1S/C12H22O/c1-5-13-12-8-10(4)6-7-11(12)9(2)3/h8-9,11-12H,5-7H2,1-4H3. The number of hydrogen-bond acceptors (Lipinski definition) is 1. The Labute approximate surface area is 82.2 Å². The van der Waals surface area contributed by atoms with Crippen LogP contribution >= 0.6 is 0 Å².